The molecule has 0 unspecified atom stereocenters. The van der Waals surface area contributed by atoms with Gasteiger partial charge in [-0.25, -0.2) is 8.42 Å². The number of hydrogen-bond donors (Lipinski definition) is 1. The van der Waals surface area contributed by atoms with Crippen LogP contribution in [-0.4, -0.2) is 75.7 Å². The molecular formula is C18H29N3O4S. The summed E-state index contributed by atoms with van der Waals surface area (Å²) in [5.41, 5.74) is 1.76. The summed E-state index contributed by atoms with van der Waals surface area (Å²) in [4.78, 5) is 14.3. The smallest absolute Gasteiger partial charge is 0.251 e. The number of benzene rings is 1. The van der Waals surface area contributed by atoms with Crippen molar-refractivity contribution in [3.63, 3.8) is 0 Å². The highest BCUT2D eigenvalue weighted by Crippen LogP contribution is 2.12. The maximum absolute atomic E-state index is 12.1. The van der Waals surface area contributed by atoms with Gasteiger partial charge in [-0.05, 0) is 31.0 Å². The summed E-state index contributed by atoms with van der Waals surface area (Å²) in [5, 5.41) is 2.89. The van der Waals surface area contributed by atoms with E-state index in [0.717, 1.165) is 31.6 Å². The normalized spacial score (nSPS) is 16.5. The fourth-order valence-corrected chi connectivity index (χ4v) is 3.69. The van der Waals surface area contributed by atoms with Gasteiger partial charge >= 0.3 is 0 Å². The lowest BCUT2D eigenvalue weighted by Crippen LogP contribution is -2.47. The van der Waals surface area contributed by atoms with Gasteiger partial charge in [-0.3, -0.25) is 9.69 Å². The van der Waals surface area contributed by atoms with E-state index in [1.807, 2.05) is 31.2 Å². The highest BCUT2D eigenvalue weighted by molar-refractivity contribution is 7.88. The minimum absolute atomic E-state index is 0.0742. The average molecular weight is 384 g/mol. The van der Waals surface area contributed by atoms with Crippen LogP contribution in [0.25, 0.3) is 0 Å². The quantitative estimate of drug-likeness (QED) is 0.642. The Morgan fingerprint density at radius 2 is 1.81 bits per heavy atom. The molecule has 1 aromatic rings. The zero-order chi connectivity index (χ0) is 19.0. The highest BCUT2D eigenvalue weighted by atomic mass is 32.2. The first-order chi connectivity index (χ1) is 12.4. The summed E-state index contributed by atoms with van der Waals surface area (Å²) in [6.45, 7) is 7.15. The number of nitrogens with zero attached hydrogens (tertiary/aromatic N) is 2. The van der Waals surface area contributed by atoms with Crippen molar-refractivity contribution in [1.29, 1.82) is 0 Å². The topological polar surface area (TPSA) is 79.0 Å². The van der Waals surface area contributed by atoms with Crippen LogP contribution < -0.4 is 5.32 Å². The number of ether oxygens (including phenoxy) is 1. The molecule has 7 nitrogen and oxygen atoms in total. The first-order valence-corrected chi connectivity index (χ1v) is 10.9. The summed E-state index contributed by atoms with van der Waals surface area (Å²) >= 11 is 0. The predicted octanol–water partition coefficient (Wildman–Crippen LogP) is 0.920. The lowest BCUT2D eigenvalue weighted by atomic mass is 10.1. The van der Waals surface area contributed by atoms with Crippen LogP contribution in [0, 0.1) is 0 Å². The zero-order valence-corrected chi connectivity index (χ0v) is 16.4. The van der Waals surface area contributed by atoms with Crippen LogP contribution in [0.5, 0.6) is 0 Å². The van der Waals surface area contributed by atoms with Gasteiger partial charge in [0.25, 0.3) is 5.91 Å². The summed E-state index contributed by atoms with van der Waals surface area (Å²) in [6.07, 6.45) is 2.06. The van der Waals surface area contributed by atoms with Gasteiger partial charge in [0.05, 0.1) is 6.26 Å². The maximum Gasteiger partial charge on any atom is 0.251 e. The Morgan fingerprint density at radius 1 is 1.15 bits per heavy atom. The number of amides is 1. The first kappa shape index (κ1) is 20.8. The van der Waals surface area contributed by atoms with E-state index < -0.39 is 10.0 Å². The summed E-state index contributed by atoms with van der Waals surface area (Å²) in [6, 6.07) is 7.58. The SMILES string of the molecule is CCOCCCNC(=O)c1ccc(CN2CCN(S(C)(=O)=O)CC2)cc1. The summed E-state index contributed by atoms with van der Waals surface area (Å²) in [7, 11) is -3.10. The van der Waals surface area contributed by atoms with E-state index in [0.29, 0.717) is 38.4 Å². The second-order valence-electron chi connectivity index (χ2n) is 6.44. The zero-order valence-electron chi connectivity index (χ0n) is 15.6. The molecule has 0 aromatic heterocycles. The van der Waals surface area contributed by atoms with Crippen molar-refractivity contribution >= 4 is 15.9 Å². The van der Waals surface area contributed by atoms with Crippen molar-refractivity contribution in [3.05, 3.63) is 35.4 Å². The Bertz CT molecular complexity index is 668. The predicted molar refractivity (Wildman–Crippen MR) is 102 cm³/mol. The highest BCUT2D eigenvalue weighted by Gasteiger charge is 2.23. The number of carbonyl (C=O) groups is 1. The molecule has 0 radical (unpaired) electrons. The average Bonchev–Trinajstić information content (AvgIpc) is 2.62. The Kier molecular flexibility index (Phi) is 8.02. The number of sulfonamides is 1. The number of piperazine rings is 1. The Morgan fingerprint density at radius 3 is 2.38 bits per heavy atom. The molecule has 1 aliphatic rings. The van der Waals surface area contributed by atoms with E-state index in [1.165, 1.54) is 10.6 Å². The van der Waals surface area contributed by atoms with E-state index >= 15 is 0 Å². The Balaban J connectivity index is 1.76. The second-order valence-corrected chi connectivity index (χ2v) is 8.42. The van der Waals surface area contributed by atoms with Crippen LogP contribution in [0.3, 0.4) is 0 Å². The fourth-order valence-electron chi connectivity index (χ4n) is 2.86. The van der Waals surface area contributed by atoms with Crippen molar-refractivity contribution in [1.82, 2.24) is 14.5 Å². The molecule has 1 N–H and O–H groups in total. The maximum atomic E-state index is 12.1. The lowest BCUT2D eigenvalue weighted by molar-refractivity contribution is 0.0944. The largest absolute Gasteiger partial charge is 0.382 e. The van der Waals surface area contributed by atoms with Gasteiger partial charge in [0.1, 0.15) is 0 Å². The van der Waals surface area contributed by atoms with Gasteiger partial charge in [-0.2, -0.15) is 4.31 Å². The Hall–Kier alpha value is -1.48. The molecule has 26 heavy (non-hydrogen) atoms. The molecule has 1 heterocycles. The molecular weight excluding hydrogens is 354 g/mol. The van der Waals surface area contributed by atoms with Gasteiger partial charge < -0.3 is 10.1 Å². The van der Waals surface area contributed by atoms with Crippen LogP contribution in [-0.2, 0) is 21.3 Å². The van der Waals surface area contributed by atoms with Crippen LogP contribution in [0.1, 0.15) is 29.3 Å². The summed E-state index contributed by atoms with van der Waals surface area (Å²) < 4.78 is 29.8. The first-order valence-electron chi connectivity index (χ1n) is 9.02. The van der Waals surface area contributed by atoms with Gasteiger partial charge in [-0.15, -0.1) is 0 Å². The molecule has 0 saturated carbocycles. The molecule has 0 spiro atoms. The molecule has 0 atom stereocenters. The third-order valence-electron chi connectivity index (χ3n) is 4.38. The van der Waals surface area contributed by atoms with Crippen molar-refractivity contribution < 1.29 is 17.9 Å². The third kappa shape index (κ3) is 6.68. The van der Waals surface area contributed by atoms with Gasteiger partial charge in [0.2, 0.25) is 10.0 Å². The number of rotatable bonds is 9. The molecule has 146 valence electrons. The molecule has 1 saturated heterocycles. The Labute approximate surface area is 156 Å². The third-order valence-corrected chi connectivity index (χ3v) is 5.68. The van der Waals surface area contributed by atoms with Crippen LogP contribution in [0.2, 0.25) is 0 Å². The van der Waals surface area contributed by atoms with Crippen molar-refractivity contribution in [2.75, 3.05) is 52.2 Å². The van der Waals surface area contributed by atoms with Crippen molar-refractivity contribution in [3.8, 4) is 0 Å². The minimum Gasteiger partial charge on any atom is -0.382 e. The molecule has 1 aromatic carbocycles. The second kappa shape index (κ2) is 10.0. The van der Waals surface area contributed by atoms with Crippen molar-refractivity contribution in [2.45, 2.75) is 19.9 Å². The van der Waals surface area contributed by atoms with Crippen LogP contribution in [0.15, 0.2) is 24.3 Å². The molecule has 0 aliphatic carbocycles. The number of nitrogens with one attached hydrogen (secondary N) is 1. The van der Waals surface area contributed by atoms with E-state index in [1.54, 1.807) is 0 Å². The van der Waals surface area contributed by atoms with Gasteiger partial charge in [0.15, 0.2) is 0 Å². The molecule has 1 fully saturated rings. The molecule has 1 aliphatic heterocycles. The van der Waals surface area contributed by atoms with Gasteiger partial charge in [-0.1, -0.05) is 12.1 Å². The van der Waals surface area contributed by atoms with Crippen LogP contribution >= 0.6 is 0 Å². The molecule has 0 bridgehead atoms. The van der Waals surface area contributed by atoms with Crippen LogP contribution in [0.4, 0.5) is 0 Å². The van der Waals surface area contributed by atoms with Crippen molar-refractivity contribution in [2.24, 2.45) is 0 Å². The van der Waals surface area contributed by atoms with Gasteiger partial charge in [0, 0.05) is 58.0 Å². The number of hydrogen-bond acceptors (Lipinski definition) is 5. The van der Waals surface area contributed by atoms with E-state index in [4.69, 9.17) is 4.74 Å². The van der Waals surface area contributed by atoms with E-state index in [9.17, 15) is 13.2 Å². The molecule has 8 heteroatoms. The summed E-state index contributed by atoms with van der Waals surface area (Å²) in [5.74, 6) is -0.0742. The minimum atomic E-state index is -3.10. The standard InChI is InChI=1S/C18H29N3O4S/c1-3-25-14-4-9-19-18(22)17-7-5-16(6-8-17)15-20-10-12-21(13-11-20)26(2,23)24/h5-8H,3-4,9-15H2,1-2H3,(H,19,22). The van der Waals surface area contributed by atoms with E-state index in [-0.39, 0.29) is 5.91 Å². The van der Waals surface area contributed by atoms with E-state index in [2.05, 4.69) is 10.2 Å². The molecule has 1 amide bonds. The lowest BCUT2D eigenvalue weighted by Gasteiger charge is -2.33. The number of carbonyl (C=O) groups excluding carboxylic acids is 1. The monoisotopic (exact) mass is 383 g/mol. The fraction of sp³-hybridized carbons (Fsp3) is 0.611. The molecule has 2 rings (SSSR count).